The van der Waals surface area contributed by atoms with Crippen LogP contribution in [0.4, 0.5) is 9.93 Å². The fourth-order valence-electron chi connectivity index (χ4n) is 0.715. The van der Waals surface area contributed by atoms with E-state index in [-0.39, 0.29) is 6.03 Å². The summed E-state index contributed by atoms with van der Waals surface area (Å²) in [5.74, 6) is 0.407. The van der Waals surface area contributed by atoms with E-state index in [9.17, 15) is 4.79 Å². The smallest absolute Gasteiger partial charge is 0.321 e. The molecule has 0 spiro atoms. The Morgan fingerprint density at radius 3 is 3.08 bits per heavy atom. The molecule has 0 saturated carbocycles. The van der Waals surface area contributed by atoms with E-state index < -0.39 is 0 Å². The molecule has 2 N–H and O–H groups in total. The Kier molecular flexibility index (Phi) is 3.98. The van der Waals surface area contributed by atoms with Crippen LogP contribution in [0, 0.1) is 6.92 Å². The lowest BCUT2D eigenvalue weighted by Gasteiger charge is -2.01. The van der Waals surface area contributed by atoms with E-state index in [2.05, 4.69) is 15.6 Å². The van der Waals surface area contributed by atoms with E-state index >= 15 is 0 Å². The lowest BCUT2D eigenvalue weighted by molar-refractivity contribution is 0.252. The number of nitrogens with one attached hydrogen (secondary N) is 2. The molecule has 0 radical (unpaired) electrons. The van der Waals surface area contributed by atoms with Crippen molar-refractivity contribution in [1.29, 1.82) is 0 Å². The number of carbonyl (C=O) groups is 1. The quantitative estimate of drug-likeness (QED) is 0.762. The summed E-state index contributed by atoms with van der Waals surface area (Å²) in [5.41, 5.74) is 0. The van der Waals surface area contributed by atoms with Gasteiger partial charge in [-0.3, -0.25) is 5.32 Å². The van der Waals surface area contributed by atoms with Crippen LogP contribution in [0.1, 0.15) is 4.88 Å². The zero-order valence-corrected chi connectivity index (χ0v) is 8.71. The monoisotopic (exact) mass is 219 g/mol. The maximum Gasteiger partial charge on any atom is 0.321 e. The highest BCUT2D eigenvalue weighted by Gasteiger charge is 2.02. The van der Waals surface area contributed by atoms with E-state index in [1.807, 2.05) is 6.92 Å². The van der Waals surface area contributed by atoms with Gasteiger partial charge in [0.2, 0.25) is 0 Å². The van der Waals surface area contributed by atoms with Crippen molar-refractivity contribution in [3.8, 4) is 0 Å². The average molecular weight is 220 g/mol. The average Bonchev–Trinajstić information content (AvgIpc) is 2.48. The number of hydrogen-bond donors (Lipinski definition) is 2. The van der Waals surface area contributed by atoms with Gasteiger partial charge in [0.15, 0.2) is 5.13 Å². The number of carbonyl (C=O) groups excluding carboxylic acids is 1. The van der Waals surface area contributed by atoms with E-state index in [4.69, 9.17) is 11.6 Å². The number of alkyl halides is 1. The van der Waals surface area contributed by atoms with Crippen LogP contribution in [0.15, 0.2) is 6.20 Å². The van der Waals surface area contributed by atoms with Gasteiger partial charge in [-0.1, -0.05) is 0 Å². The second-order valence-electron chi connectivity index (χ2n) is 2.35. The molecule has 0 atom stereocenters. The van der Waals surface area contributed by atoms with Gasteiger partial charge < -0.3 is 5.32 Å². The van der Waals surface area contributed by atoms with Crippen molar-refractivity contribution in [3.63, 3.8) is 0 Å². The number of aromatic nitrogens is 1. The number of urea groups is 1. The summed E-state index contributed by atoms with van der Waals surface area (Å²) >= 11 is 6.83. The standard InChI is InChI=1S/C7H10ClN3OS/c1-5-4-10-7(13-5)11-6(12)9-3-2-8/h4H,2-3H2,1H3,(H2,9,10,11,12). The van der Waals surface area contributed by atoms with E-state index in [0.717, 1.165) is 4.88 Å². The first-order valence-corrected chi connectivity index (χ1v) is 5.10. The summed E-state index contributed by atoms with van der Waals surface area (Å²) in [6.45, 7) is 2.39. The Morgan fingerprint density at radius 1 is 1.77 bits per heavy atom. The number of rotatable bonds is 3. The predicted molar refractivity (Wildman–Crippen MR) is 54.6 cm³/mol. The minimum absolute atomic E-state index is 0.269. The lowest BCUT2D eigenvalue weighted by Crippen LogP contribution is -2.30. The van der Waals surface area contributed by atoms with Crippen LogP contribution in [0.3, 0.4) is 0 Å². The Bertz CT molecular complexity index is 289. The third kappa shape index (κ3) is 3.61. The van der Waals surface area contributed by atoms with Crippen molar-refractivity contribution >= 4 is 34.1 Å². The summed E-state index contributed by atoms with van der Waals surface area (Å²) < 4.78 is 0. The molecule has 72 valence electrons. The van der Waals surface area contributed by atoms with E-state index in [1.54, 1.807) is 6.20 Å². The van der Waals surface area contributed by atoms with Crippen LogP contribution in [0.5, 0.6) is 0 Å². The number of anilines is 1. The van der Waals surface area contributed by atoms with Gasteiger partial charge in [-0.05, 0) is 6.92 Å². The van der Waals surface area contributed by atoms with E-state index in [1.165, 1.54) is 11.3 Å². The van der Waals surface area contributed by atoms with Gasteiger partial charge in [0, 0.05) is 23.5 Å². The molecule has 0 aliphatic heterocycles. The van der Waals surface area contributed by atoms with Crippen molar-refractivity contribution in [2.75, 3.05) is 17.7 Å². The highest BCUT2D eigenvalue weighted by Crippen LogP contribution is 2.15. The summed E-state index contributed by atoms with van der Waals surface area (Å²) in [5, 5.41) is 5.77. The summed E-state index contributed by atoms with van der Waals surface area (Å²) in [4.78, 5) is 16.1. The van der Waals surface area contributed by atoms with Gasteiger partial charge in [0.25, 0.3) is 0 Å². The lowest BCUT2D eigenvalue weighted by atomic mass is 10.7. The third-order valence-electron chi connectivity index (χ3n) is 1.22. The fraction of sp³-hybridized carbons (Fsp3) is 0.429. The Hall–Kier alpha value is -0.810. The highest BCUT2D eigenvalue weighted by atomic mass is 35.5. The van der Waals surface area contributed by atoms with Gasteiger partial charge in [-0.25, -0.2) is 9.78 Å². The number of thiazole rings is 1. The molecular formula is C7H10ClN3OS. The van der Waals surface area contributed by atoms with Crippen LogP contribution < -0.4 is 10.6 Å². The maximum atomic E-state index is 11.1. The van der Waals surface area contributed by atoms with Crippen molar-refractivity contribution < 1.29 is 4.79 Å². The molecular weight excluding hydrogens is 210 g/mol. The Labute approximate surface area is 85.3 Å². The Balaban J connectivity index is 2.36. The first kappa shape index (κ1) is 10.3. The van der Waals surface area contributed by atoms with Crippen LogP contribution in [-0.4, -0.2) is 23.4 Å². The summed E-state index contributed by atoms with van der Waals surface area (Å²) in [6, 6.07) is -0.269. The first-order chi connectivity index (χ1) is 6.22. The minimum Gasteiger partial charge on any atom is -0.337 e. The van der Waals surface area contributed by atoms with Crippen molar-refractivity contribution in [2.24, 2.45) is 0 Å². The molecule has 1 rings (SSSR count). The number of hydrogen-bond acceptors (Lipinski definition) is 3. The molecule has 13 heavy (non-hydrogen) atoms. The van der Waals surface area contributed by atoms with Crippen molar-refractivity contribution in [1.82, 2.24) is 10.3 Å². The van der Waals surface area contributed by atoms with Gasteiger partial charge in [-0.2, -0.15) is 0 Å². The number of halogens is 1. The zero-order chi connectivity index (χ0) is 9.68. The second kappa shape index (κ2) is 5.04. The number of nitrogens with zero attached hydrogens (tertiary/aromatic N) is 1. The minimum atomic E-state index is -0.269. The molecule has 0 aromatic carbocycles. The number of aryl methyl sites for hydroxylation is 1. The SMILES string of the molecule is Cc1cnc(NC(=O)NCCCl)s1. The predicted octanol–water partition coefficient (Wildman–Crippen LogP) is 1.81. The Morgan fingerprint density at radius 2 is 2.54 bits per heavy atom. The second-order valence-corrected chi connectivity index (χ2v) is 3.96. The van der Waals surface area contributed by atoms with Crippen LogP contribution in [0.2, 0.25) is 0 Å². The first-order valence-electron chi connectivity index (χ1n) is 3.75. The fourth-order valence-corrected chi connectivity index (χ4v) is 1.47. The molecule has 0 saturated heterocycles. The topological polar surface area (TPSA) is 54.0 Å². The zero-order valence-electron chi connectivity index (χ0n) is 7.13. The molecule has 0 fully saturated rings. The van der Waals surface area contributed by atoms with Crippen molar-refractivity contribution in [2.45, 2.75) is 6.92 Å². The van der Waals surface area contributed by atoms with Crippen LogP contribution >= 0.6 is 22.9 Å². The van der Waals surface area contributed by atoms with E-state index in [0.29, 0.717) is 17.6 Å². The molecule has 1 heterocycles. The largest absolute Gasteiger partial charge is 0.337 e. The molecule has 2 amide bonds. The van der Waals surface area contributed by atoms with Gasteiger partial charge in [0.1, 0.15) is 0 Å². The highest BCUT2D eigenvalue weighted by molar-refractivity contribution is 7.15. The number of amides is 2. The molecule has 4 nitrogen and oxygen atoms in total. The molecule has 0 bridgehead atoms. The van der Waals surface area contributed by atoms with Crippen LogP contribution in [0.25, 0.3) is 0 Å². The van der Waals surface area contributed by atoms with Gasteiger partial charge in [-0.15, -0.1) is 22.9 Å². The molecule has 1 aromatic heterocycles. The van der Waals surface area contributed by atoms with Crippen molar-refractivity contribution in [3.05, 3.63) is 11.1 Å². The molecule has 0 aliphatic carbocycles. The summed E-state index contributed by atoms with van der Waals surface area (Å²) in [6.07, 6.45) is 1.71. The molecule has 0 aliphatic rings. The van der Waals surface area contributed by atoms with Gasteiger partial charge >= 0.3 is 6.03 Å². The molecule has 6 heteroatoms. The normalized spacial score (nSPS) is 9.69. The molecule has 1 aromatic rings. The maximum absolute atomic E-state index is 11.1. The van der Waals surface area contributed by atoms with Crippen LogP contribution in [-0.2, 0) is 0 Å². The van der Waals surface area contributed by atoms with Gasteiger partial charge in [0.05, 0.1) is 0 Å². The summed E-state index contributed by atoms with van der Waals surface area (Å²) in [7, 11) is 0. The molecule has 0 unspecified atom stereocenters. The third-order valence-corrected chi connectivity index (χ3v) is 2.24.